The lowest BCUT2D eigenvalue weighted by atomic mass is 9.95. The maximum absolute atomic E-state index is 13.3. The van der Waals surface area contributed by atoms with Crippen LogP contribution in [0.25, 0.3) is 0 Å². The Hall–Kier alpha value is -1.25. The molecule has 0 radical (unpaired) electrons. The minimum Gasteiger partial charge on any atom is -0.303 e. The summed E-state index contributed by atoms with van der Waals surface area (Å²) in [6, 6.07) is 2.62. The van der Waals surface area contributed by atoms with E-state index >= 15 is 0 Å². The molecule has 1 nitrogen and oxygen atoms in total. The van der Waals surface area contributed by atoms with E-state index in [2.05, 4.69) is 0 Å². The van der Waals surface area contributed by atoms with Crippen molar-refractivity contribution in [2.75, 3.05) is 0 Å². The van der Waals surface area contributed by atoms with Gasteiger partial charge in [-0.05, 0) is 37.5 Å². The number of benzene rings is 1. The molecule has 0 aliphatic rings. The maximum atomic E-state index is 13.3. The Morgan fingerprint density at radius 1 is 1.31 bits per heavy atom. The molecule has 0 spiro atoms. The van der Waals surface area contributed by atoms with Crippen molar-refractivity contribution < 1.29 is 13.6 Å². The van der Waals surface area contributed by atoms with Gasteiger partial charge in [-0.1, -0.05) is 13.3 Å². The van der Waals surface area contributed by atoms with Crippen molar-refractivity contribution in [1.82, 2.24) is 0 Å². The monoisotopic (exact) mass is 226 g/mol. The molecule has 0 fully saturated rings. The molecule has 0 saturated heterocycles. The zero-order chi connectivity index (χ0) is 12.1. The van der Waals surface area contributed by atoms with E-state index in [4.69, 9.17) is 0 Å². The lowest BCUT2D eigenvalue weighted by Gasteiger charge is -2.10. The first-order chi connectivity index (χ1) is 7.58. The summed E-state index contributed by atoms with van der Waals surface area (Å²) in [7, 11) is 0. The first-order valence-electron chi connectivity index (χ1n) is 5.48. The molecule has 0 amide bonds. The van der Waals surface area contributed by atoms with E-state index in [0.29, 0.717) is 12.0 Å². The topological polar surface area (TPSA) is 17.1 Å². The number of halogens is 2. The van der Waals surface area contributed by atoms with Gasteiger partial charge in [0.15, 0.2) is 0 Å². The van der Waals surface area contributed by atoms with E-state index < -0.39 is 11.6 Å². The fraction of sp³-hybridized carbons (Fsp3) is 0.462. The number of carbonyl (C=O) groups is 1. The zero-order valence-corrected chi connectivity index (χ0v) is 9.59. The smallest absolute Gasteiger partial charge is 0.129 e. The Kier molecular flexibility index (Phi) is 4.59. The first-order valence-corrected chi connectivity index (χ1v) is 5.48. The summed E-state index contributed by atoms with van der Waals surface area (Å²) >= 11 is 0. The van der Waals surface area contributed by atoms with E-state index in [1.165, 1.54) is 19.1 Å². The predicted octanol–water partition coefficient (Wildman–Crippen LogP) is 3.43. The van der Waals surface area contributed by atoms with Gasteiger partial charge in [-0.3, -0.25) is 0 Å². The molecule has 1 rings (SSSR count). The lowest BCUT2D eigenvalue weighted by Crippen LogP contribution is -2.07. The second kappa shape index (κ2) is 5.73. The average Bonchev–Trinajstić information content (AvgIpc) is 2.25. The second-order valence-corrected chi connectivity index (χ2v) is 4.07. The molecule has 1 unspecified atom stereocenters. The summed E-state index contributed by atoms with van der Waals surface area (Å²) in [5.41, 5.74) is 0.577. The summed E-state index contributed by atoms with van der Waals surface area (Å²) in [6.45, 7) is 3.38. The van der Waals surface area contributed by atoms with E-state index in [1.807, 2.05) is 6.92 Å². The highest BCUT2D eigenvalue weighted by atomic mass is 19.1. The number of carbonyl (C=O) groups excluding carboxylic acids is 1. The third-order valence-corrected chi connectivity index (χ3v) is 2.69. The van der Waals surface area contributed by atoms with Gasteiger partial charge in [0.1, 0.15) is 17.9 Å². The quantitative estimate of drug-likeness (QED) is 0.703. The van der Waals surface area contributed by atoms with Crippen LogP contribution < -0.4 is 0 Å². The predicted molar refractivity (Wildman–Crippen MR) is 59.3 cm³/mol. The fourth-order valence-corrected chi connectivity index (χ4v) is 1.71. The average molecular weight is 226 g/mol. The normalized spacial score (nSPS) is 12.5. The van der Waals surface area contributed by atoms with Crippen LogP contribution in [-0.2, 0) is 11.2 Å². The van der Waals surface area contributed by atoms with Crippen LogP contribution in [-0.4, -0.2) is 6.29 Å². The van der Waals surface area contributed by atoms with Gasteiger partial charge in [0.2, 0.25) is 0 Å². The van der Waals surface area contributed by atoms with Gasteiger partial charge in [0, 0.05) is 11.5 Å². The largest absolute Gasteiger partial charge is 0.303 e. The molecule has 0 bridgehead atoms. The van der Waals surface area contributed by atoms with Gasteiger partial charge in [-0.25, -0.2) is 8.78 Å². The van der Waals surface area contributed by atoms with Gasteiger partial charge in [0.05, 0.1) is 0 Å². The van der Waals surface area contributed by atoms with Crippen LogP contribution >= 0.6 is 0 Å². The van der Waals surface area contributed by atoms with Crippen molar-refractivity contribution >= 4 is 6.29 Å². The van der Waals surface area contributed by atoms with E-state index in [-0.39, 0.29) is 11.5 Å². The van der Waals surface area contributed by atoms with E-state index in [0.717, 1.165) is 19.1 Å². The number of hydrogen-bond donors (Lipinski definition) is 0. The van der Waals surface area contributed by atoms with Crippen LogP contribution in [0.4, 0.5) is 8.78 Å². The van der Waals surface area contributed by atoms with Gasteiger partial charge >= 0.3 is 0 Å². The standard InChI is InChI=1S/C13H16F2O/c1-3-4-10(8-16)5-11-6-12(14)9(2)13(15)7-11/h6-8,10H,3-5H2,1-2H3. The number of aldehydes is 1. The molecular formula is C13H16F2O. The zero-order valence-electron chi connectivity index (χ0n) is 9.59. The molecule has 1 aromatic rings. The molecule has 0 aromatic heterocycles. The Labute approximate surface area is 94.5 Å². The van der Waals surface area contributed by atoms with Gasteiger partial charge in [-0.15, -0.1) is 0 Å². The third kappa shape index (κ3) is 3.12. The van der Waals surface area contributed by atoms with Crippen LogP contribution in [0.15, 0.2) is 12.1 Å². The summed E-state index contributed by atoms with van der Waals surface area (Å²) in [4.78, 5) is 10.7. The van der Waals surface area contributed by atoms with Crippen LogP contribution in [0, 0.1) is 24.5 Å². The van der Waals surface area contributed by atoms with Crippen LogP contribution in [0.3, 0.4) is 0 Å². The molecule has 1 atom stereocenters. The van der Waals surface area contributed by atoms with Gasteiger partial charge in [0.25, 0.3) is 0 Å². The van der Waals surface area contributed by atoms with Gasteiger partial charge in [-0.2, -0.15) is 0 Å². The number of rotatable bonds is 5. The van der Waals surface area contributed by atoms with E-state index in [1.54, 1.807) is 0 Å². The molecule has 16 heavy (non-hydrogen) atoms. The third-order valence-electron chi connectivity index (χ3n) is 2.69. The van der Waals surface area contributed by atoms with Crippen molar-refractivity contribution in [3.63, 3.8) is 0 Å². The Morgan fingerprint density at radius 3 is 2.31 bits per heavy atom. The Morgan fingerprint density at radius 2 is 1.88 bits per heavy atom. The first kappa shape index (κ1) is 12.8. The lowest BCUT2D eigenvalue weighted by molar-refractivity contribution is -0.111. The van der Waals surface area contributed by atoms with Crippen molar-refractivity contribution in [3.8, 4) is 0 Å². The van der Waals surface area contributed by atoms with Crippen molar-refractivity contribution in [2.45, 2.75) is 33.1 Å². The molecule has 0 aliphatic carbocycles. The van der Waals surface area contributed by atoms with Crippen LogP contribution in [0.5, 0.6) is 0 Å². The highest BCUT2D eigenvalue weighted by Gasteiger charge is 2.11. The minimum atomic E-state index is -0.545. The SMILES string of the molecule is CCCC(C=O)Cc1cc(F)c(C)c(F)c1. The summed E-state index contributed by atoms with van der Waals surface area (Å²) in [5.74, 6) is -1.24. The molecule has 88 valence electrons. The van der Waals surface area contributed by atoms with Crippen molar-refractivity contribution in [2.24, 2.45) is 5.92 Å². The molecular weight excluding hydrogens is 210 g/mol. The summed E-state index contributed by atoms with van der Waals surface area (Å²) in [6.07, 6.45) is 2.91. The van der Waals surface area contributed by atoms with Crippen molar-refractivity contribution in [1.29, 1.82) is 0 Å². The van der Waals surface area contributed by atoms with Gasteiger partial charge < -0.3 is 4.79 Å². The highest BCUT2D eigenvalue weighted by molar-refractivity contribution is 5.54. The Bertz CT molecular complexity index is 351. The number of hydrogen-bond acceptors (Lipinski definition) is 1. The Balaban J connectivity index is 2.84. The second-order valence-electron chi connectivity index (χ2n) is 4.07. The molecule has 0 saturated carbocycles. The van der Waals surface area contributed by atoms with Crippen molar-refractivity contribution in [3.05, 3.63) is 34.9 Å². The summed E-state index contributed by atoms with van der Waals surface area (Å²) in [5, 5.41) is 0. The summed E-state index contributed by atoms with van der Waals surface area (Å²) < 4.78 is 26.5. The highest BCUT2D eigenvalue weighted by Crippen LogP contribution is 2.18. The molecule has 0 heterocycles. The molecule has 0 aliphatic heterocycles. The van der Waals surface area contributed by atoms with E-state index in [9.17, 15) is 13.6 Å². The van der Waals surface area contributed by atoms with Crippen LogP contribution in [0.2, 0.25) is 0 Å². The molecule has 3 heteroatoms. The molecule has 1 aromatic carbocycles. The van der Waals surface area contributed by atoms with Crippen LogP contribution in [0.1, 0.15) is 30.9 Å². The molecule has 0 N–H and O–H groups in total. The minimum absolute atomic E-state index is 0.0295. The maximum Gasteiger partial charge on any atom is 0.129 e. The fourth-order valence-electron chi connectivity index (χ4n) is 1.71.